The maximum atomic E-state index is 12.8. The predicted molar refractivity (Wildman–Crippen MR) is 126 cm³/mol. The Morgan fingerprint density at radius 2 is 1.79 bits per heavy atom. The molecule has 0 bridgehead atoms. The molecule has 1 fully saturated rings. The van der Waals surface area contributed by atoms with Crippen molar-refractivity contribution in [2.45, 2.75) is 6.54 Å². The lowest BCUT2D eigenvalue weighted by Crippen LogP contribution is -2.50. The van der Waals surface area contributed by atoms with Gasteiger partial charge in [-0.25, -0.2) is 4.79 Å². The molecular weight excluding hydrogens is 420 g/mol. The minimum Gasteiger partial charge on any atom is -0.479 e. The number of hydrogen-bond acceptors (Lipinski definition) is 5. The predicted octanol–water partition coefficient (Wildman–Crippen LogP) is 1.84. The molecule has 4 rings (SSSR count). The SMILES string of the molecule is COc1nn(C)cc1C(=O)N1CCN(CCNC(=O)NCc2cccc3ccccc23)CC1. The van der Waals surface area contributed by atoms with Crippen molar-refractivity contribution in [3.63, 3.8) is 0 Å². The monoisotopic (exact) mass is 450 g/mol. The van der Waals surface area contributed by atoms with E-state index in [0.29, 0.717) is 37.6 Å². The molecule has 33 heavy (non-hydrogen) atoms. The minimum atomic E-state index is -0.180. The Balaban J connectivity index is 1.18. The second-order valence-electron chi connectivity index (χ2n) is 8.11. The number of nitrogens with one attached hydrogen (secondary N) is 2. The molecule has 2 aromatic carbocycles. The molecule has 3 aromatic rings. The number of amides is 3. The lowest BCUT2D eigenvalue weighted by Gasteiger charge is -2.34. The van der Waals surface area contributed by atoms with Gasteiger partial charge in [0.25, 0.3) is 5.91 Å². The highest BCUT2D eigenvalue weighted by Crippen LogP contribution is 2.19. The van der Waals surface area contributed by atoms with Crippen LogP contribution in [0.5, 0.6) is 5.88 Å². The van der Waals surface area contributed by atoms with E-state index in [9.17, 15) is 9.59 Å². The average molecular weight is 451 g/mol. The summed E-state index contributed by atoms with van der Waals surface area (Å²) in [5, 5.41) is 12.3. The molecule has 3 amide bonds. The number of rotatable bonds is 7. The lowest BCUT2D eigenvalue weighted by molar-refractivity contribution is 0.0636. The number of carbonyl (C=O) groups is 2. The van der Waals surface area contributed by atoms with Gasteiger partial charge >= 0.3 is 6.03 Å². The Morgan fingerprint density at radius 1 is 1.03 bits per heavy atom. The maximum Gasteiger partial charge on any atom is 0.315 e. The van der Waals surface area contributed by atoms with Gasteiger partial charge in [0.15, 0.2) is 0 Å². The molecule has 0 unspecified atom stereocenters. The molecule has 9 nitrogen and oxygen atoms in total. The first-order chi connectivity index (χ1) is 16.0. The van der Waals surface area contributed by atoms with Gasteiger partial charge in [0, 0.05) is 59.1 Å². The number of benzene rings is 2. The molecule has 0 aliphatic carbocycles. The van der Waals surface area contributed by atoms with Crippen LogP contribution >= 0.6 is 0 Å². The van der Waals surface area contributed by atoms with Gasteiger partial charge in [-0.05, 0) is 16.3 Å². The quantitative estimate of drug-likeness (QED) is 0.573. The minimum absolute atomic E-state index is 0.0643. The Labute approximate surface area is 193 Å². The number of methoxy groups -OCH3 is 1. The van der Waals surface area contributed by atoms with E-state index in [2.05, 4.69) is 38.8 Å². The van der Waals surface area contributed by atoms with Crippen molar-refractivity contribution in [2.75, 3.05) is 46.4 Å². The van der Waals surface area contributed by atoms with Crippen molar-refractivity contribution in [1.82, 2.24) is 30.2 Å². The first kappa shape index (κ1) is 22.6. The fourth-order valence-corrected chi connectivity index (χ4v) is 4.12. The van der Waals surface area contributed by atoms with Crippen LogP contribution in [0.2, 0.25) is 0 Å². The van der Waals surface area contributed by atoms with Gasteiger partial charge in [0.2, 0.25) is 5.88 Å². The number of piperazine rings is 1. The highest BCUT2D eigenvalue weighted by molar-refractivity contribution is 5.96. The van der Waals surface area contributed by atoms with Crippen molar-refractivity contribution in [3.05, 3.63) is 59.8 Å². The summed E-state index contributed by atoms with van der Waals surface area (Å²) in [7, 11) is 3.28. The van der Waals surface area contributed by atoms with Gasteiger partial charge in [-0.3, -0.25) is 14.4 Å². The average Bonchev–Trinajstić information content (AvgIpc) is 3.23. The van der Waals surface area contributed by atoms with E-state index in [4.69, 9.17) is 4.74 Å². The molecule has 1 aliphatic heterocycles. The fraction of sp³-hybridized carbons (Fsp3) is 0.375. The molecule has 1 aliphatic rings. The first-order valence-electron chi connectivity index (χ1n) is 11.1. The highest BCUT2D eigenvalue weighted by atomic mass is 16.5. The van der Waals surface area contributed by atoms with Gasteiger partial charge in [0.05, 0.1) is 7.11 Å². The van der Waals surface area contributed by atoms with Crippen LogP contribution in [0.25, 0.3) is 10.8 Å². The number of hydrogen-bond donors (Lipinski definition) is 2. The van der Waals surface area contributed by atoms with Crippen LogP contribution in [0.1, 0.15) is 15.9 Å². The third-order valence-electron chi connectivity index (χ3n) is 5.91. The number of aromatic nitrogens is 2. The van der Waals surface area contributed by atoms with E-state index in [-0.39, 0.29) is 11.9 Å². The largest absolute Gasteiger partial charge is 0.479 e. The van der Waals surface area contributed by atoms with Crippen molar-refractivity contribution >= 4 is 22.7 Å². The van der Waals surface area contributed by atoms with Crippen LogP contribution in [-0.4, -0.2) is 77.9 Å². The third kappa shape index (κ3) is 5.43. The molecule has 1 aromatic heterocycles. The molecule has 2 N–H and O–H groups in total. The third-order valence-corrected chi connectivity index (χ3v) is 5.91. The van der Waals surface area contributed by atoms with Gasteiger partial charge < -0.3 is 20.3 Å². The zero-order valence-corrected chi connectivity index (χ0v) is 19.1. The van der Waals surface area contributed by atoms with E-state index in [1.54, 1.807) is 17.9 Å². The molecule has 2 heterocycles. The normalized spacial score (nSPS) is 14.3. The van der Waals surface area contributed by atoms with Crippen molar-refractivity contribution in [3.8, 4) is 5.88 Å². The summed E-state index contributed by atoms with van der Waals surface area (Å²) in [6.45, 7) is 4.53. The Kier molecular flexibility index (Phi) is 7.09. The van der Waals surface area contributed by atoms with Gasteiger partial charge in [-0.1, -0.05) is 42.5 Å². The molecule has 0 atom stereocenters. The van der Waals surface area contributed by atoms with E-state index in [0.717, 1.165) is 36.0 Å². The van der Waals surface area contributed by atoms with Crippen LogP contribution in [-0.2, 0) is 13.6 Å². The number of fused-ring (bicyclic) bond motifs is 1. The summed E-state index contributed by atoms with van der Waals surface area (Å²) in [5.41, 5.74) is 1.58. The van der Waals surface area contributed by atoms with Crippen molar-refractivity contribution < 1.29 is 14.3 Å². The number of aryl methyl sites for hydroxylation is 1. The van der Waals surface area contributed by atoms with Gasteiger partial charge in [-0.15, -0.1) is 5.10 Å². The number of nitrogens with zero attached hydrogens (tertiary/aromatic N) is 4. The van der Waals surface area contributed by atoms with Gasteiger partial charge in [0.1, 0.15) is 5.56 Å². The van der Waals surface area contributed by atoms with Crippen LogP contribution < -0.4 is 15.4 Å². The topological polar surface area (TPSA) is 91.7 Å². The maximum absolute atomic E-state index is 12.8. The Bertz CT molecular complexity index is 1120. The number of carbonyl (C=O) groups excluding carboxylic acids is 2. The number of urea groups is 1. The van der Waals surface area contributed by atoms with Crippen LogP contribution in [0.15, 0.2) is 48.7 Å². The van der Waals surface area contributed by atoms with Crippen LogP contribution in [0, 0.1) is 0 Å². The highest BCUT2D eigenvalue weighted by Gasteiger charge is 2.26. The summed E-state index contributed by atoms with van der Waals surface area (Å²) in [6, 6.07) is 14.1. The zero-order valence-electron chi connectivity index (χ0n) is 19.1. The smallest absolute Gasteiger partial charge is 0.315 e. The molecule has 0 radical (unpaired) electrons. The molecule has 0 saturated carbocycles. The molecule has 1 saturated heterocycles. The molecule has 174 valence electrons. The second-order valence-corrected chi connectivity index (χ2v) is 8.11. The van der Waals surface area contributed by atoms with Crippen molar-refractivity contribution in [2.24, 2.45) is 7.05 Å². The van der Waals surface area contributed by atoms with Gasteiger partial charge in [-0.2, -0.15) is 0 Å². The fourth-order valence-electron chi connectivity index (χ4n) is 4.12. The van der Waals surface area contributed by atoms with Crippen LogP contribution in [0.3, 0.4) is 0 Å². The zero-order chi connectivity index (χ0) is 23.2. The second kappa shape index (κ2) is 10.4. The summed E-state index contributed by atoms with van der Waals surface area (Å²) >= 11 is 0. The lowest BCUT2D eigenvalue weighted by atomic mass is 10.0. The standard InChI is InChI=1S/C24H30N6O3/c1-28-17-21(22(27-28)33-2)23(31)30-14-12-29(13-15-30)11-10-25-24(32)26-16-19-8-5-7-18-6-3-4-9-20(18)19/h3-9,17H,10-16H2,1-2H3,(H2,25,26,32). The molecule has 0 spiro atoms. The van der Waals surface area contributed by atoms with Crippen molar-refractivity contribution in [1.29, 1.82) is 0 Å². The Morgan fingerprint density at radius 3 is 2.58 bits per heavy atom. The summed E-state index contributed by atoms with van der Waals surface area (Å²) in [4.78, 5) is 29.1. The van der Waals surface area contributed by atoms with Crippen LogP contribution in [0.4, 0.5) is 4.79 Å². The first-order valence-corrected chi connectivity index (χ1v) is 11.1. The Hall–Kier alpha value is -3.59. The summed E-state index contributed by atoms with van der Waals surface area (Å²) < 4.78 is 6.79. The summed E-state index contributed by atoms with van der Waals surface area (Å²) in [6.07, 6.45) is 1.69. The number of ether oxygens (including phenoxy) is 1. The van der Waals surface area contributed by atoms with E-state index in [1.807, 2.05) is 29.2 Å². The van der Waals surface area contributed by atoms with E-state index >= 15 is 0 Å². The van der Waals surface area contributed by atoms with E-state index in [1.165, 1.54) is 7.11 Å². The molecular formula is C24H30N6O3. The molecule has 9 heteroatoms. The summed E-state index contributed by atoms with van der Waals surface area (Å²) in [5.74, 6) is 0.286. The van der Waals surface area contributed by atoms with E-state index < -0.39 is 0 Å².